The number of hydrogen-bond donors (Lipinski definition) is 2. The zero-order chi connectivity index (χ0) is 13.2. The Kier molecular flexibility index (Phi) is 3.05. The van der Waals surface area contributed by atoms with Gasteiger partial charge in [-0.2, -0.15) is 0 Å². The van der Waals surface area contributed by atoms with Crippen molar-refractivity contribution < 1.29 is 0 Å². The highest BCUT2D eigenvalue weighted by Gasteiger charge is 2.07. The van der Waals surface area contributed by atoms with E-state index in [1.165, 1.54) is 5.56 Å². The van der Waals surface area contributed by atoms with E-state index in [4.69, 9.17) is 5.73 Å². The van der Waals surface area contributed by atoms with E-state index in [9.17, 15) is 0 Å². The molecule has 0 aliphatic carbocycles. The van der Waals surface area contributed by atoms with E-state index in [1.807, 2.05) is 23.7 Å². The van der Waals surface area contributed by atoms with Crippen molar-refractivity contribution in [3.8, 4) is 0 Å². The van der Waals surface area contributed by atoms with Crippen molar-refractivity contribution in [1.82, 2.24) is 9.97 Å². The minimum absolute atomic E-state index is 0.659. The average molecular weight is 270 g/mol. The van der Waals surface area contributed by atoms with Gasteiger partial charge in [0.2, 0.25) is 0 Å². The molecule has 5 heteroatoms. The first kappa shape index (κ1) is 11.9. The number of nitrogens with one attached hydrogen (secondary N) is 1. The summed E-state index contributed by atoms with van der Waals surface area (Å²) in [7, 11) is 0. The molecule has 0 spiro atoms. The standard InChI is InChI=1S/C14H14N4S/c1-9-3-2-6-16-11(9)7-17-10-4-5-12-14(13(10)15)18-8-19-12/h2-6,8,17H,7,15H2,1H3. The van der Waals surface area contributed by atoms with Crippen molar-refractivity contribution in [3.05, 3.63) is 47.2 Å². The third-order valence-corrected chi connectivity index (χ3v) is 3.90. The molecule has 0 atom stereocenters. The fourth-order valence-electron chi connectivity index (χ4n) is 1.99. The molecule has 96 valence electrons. The SMILES string of the molecule is Cc1cccnc1CNc1ccc2scnc2c1N. The van der Waals surface area contributed by atoms with Crippen LogP contribution in [0.1, 0.15) is 11.3 Å². The van der Waals surface area contributed by atoms with Gasteiger partial charge in [-0.1, -0.05) is 6.07 Å². The van der Waals surface area contributed by atoms with E-state index >= 15 is 0 Å². The lowest BCUT2D eigenvalue weighted by Gasteiger charge is -2.10. The van der Waals surface area contributed by atoms with Crippen LogP contribution in [0.2, 0.25) is 0 Å². The number of fused-ring (bicyclic) bond motifs is 1. The van der Waals surface area contributed by atoms with E-state index in [1.54, 1.807) is 17.5 Å². The van der Waals surface area contributed by atoms with E-state index in [2.05, 4.69) is 28.3 Å². The maximum absolute atomic E-state index is 6.13. The van der Waals surface area contributed by atoms with Crippen LogP contribution >= 0.6 is 11.3 Å². The number of nitrogens with zero attached hydrogens (tertiary/aromatic N) is 2. The maximum Gasteiger partial charge on any atom is 0.106 e. The highest BCUT2D eigenvalue weighted by molar-refractivity contribution is 7.16. The van der Waals surface area contributed by atoms with Crippen LogP contribution in [0.4, 0.5) is 11.4 Å². The molecule has 1 aromatic carbocycles. The number of rotatable bonds is 3. The Hall–Kier alpha value is -2.14. The first-order chi connectivity index (χ1) is 9.25. The molecule has 2 aromatic heterocycles. The molecule has 4 nitrogen and oxygen atoms in total. The fourth-order valence-corrected chi connectivity index (χ4v) is 2.68. The molecule has 2 heterocycles. The second kappa shape index (κ2) is 4.85. The lowest BCUT2D eigenvalue weighted by Crippen LogP contribution is -2.05. The van der Waals surface area contributed by atoms with E-state index in [-0.39, 0.29) is 0 Å². The number of nitrogens with two attached hydrogens (primary N) is 1. The maximum atomic E-state index is 6.13. The summed E-state index contributed by atoms with van der Waals surface area (Å²) in [6, 6.07) is 8.02. The summed E-state index contributed by atoms with van der Waals surface area (Å²) >= 11 is 1.60. The van der Waals surface area contributed by atoms with Gasteiger partial charge in [-0.05, 0) is 30.7 Å². The summed E-state index contributed by atoms with van der Waals surface area (Å²) in [6.45, 7) is 2.71. The summed E-state index contributed by atoms with van der Waals surface area (Å²) in [6.07, 6.45) is 1.80. The predicted octanol–water partition coefficient (Wildman–Crippen LogP) is 3.19. The van der Waals surface area contributed by atoms with Crippen molar-refractivity contribution in [2.75, 3.05) is 11.1 Å². The molecule has 0 aliphatic heterocycles. The molecule has 0 saturated heterocycles. The highest BCUT2D eigenvalue weighted by Crippen LogP contribution is 2.30. The van der Waals surface area contributed by atoms with Gasteiger partial charge in [0.25, 0.3) is 0 Å². The number of anilines is 2. The molecule has 3 rings (SSSR count). The van der Waals surface area contributed by atoms with Gasteiger partial charge in [-0.25, -0.2) is 4.98 Å². The van der Waals surface area contributed by atoms with Crippen LogP contribution in [0.5, 0.6) is 0 Å². The second-order valence-corrected chi connectivity index (χ2v) is 5.23. The van der Waals surface area contributed by atoms with Crippen molar-refractivity contribution in [2.24, 2.45) is 0 Å². The third-order valence-electron chi connectivity index (χ3n) is 3.11. The lowest BCUT2D eigenvalue weighted by atomic mass is 10.2. The first-order valence-electron chi connectivity index (χ1n) is 6.02. The van der Waals surface area contributed by atoms with Gasteiger partial charge in [0.1, 0.15) is 5.52 Å². The number of benzene rings is 1. The predicted molar refractivity (Wildman–Crippen MR) is 80.3 cm³/mol. The van der Waals surface area contributed by atoms with Crippen molar-refractivity contribution in [3.63, 3.8) is 0 Å². The summed E-state index contributed by atoms with van der Waals surface area (Å²) in [5, 5.41) is 3.33. The van der Waals surface area contributed by atoms with Crippen LogP contribution in [-0.2, 0) is 6.54 Å². The Labute approximate surface area is 115 Å². The van der Waals surface area contributed by atoms with Gasteiger partial charge in [0, 0.05) is 6.20 Å². The molecular formula is C14H14N4S. The smallest absolute Gasteiger partial charge is 0.106 e. The molecule has 0 aliphatic rings. The molecule has 3 N–H and O–H groups in total. The van der Waals surface area contributed by atoms with Crippen LogP contribution in [0, 0.1) is 6.92 Å². The molecule has 0 radical (unpaired) electrons. The normalized spacial score (nSPS) is 10.8. The van der Waals surface area contributed by atoms with Crippen LogP contribution in [0.15, 0.2) is 36.0 Å². The lowest BCUT2D eigenvalue weighted by molar-refractivity contribution is 1.02. The number of aryl methyl sites for hydroxylation is 1. The van der Waals surface area contributed by atoms with Crippen LogP contribution in [0.3, 0.4) is 0 Å². The number of aromatic nitrogens is 2. The Bertz CT molecular complexity index is 720. The van der Waals surface area contributed by atoms with Crippen molar-refractivity contribution >= 4 is 32.9 Å². The molecule has 0 saturated carbocycles. The van der Waals surface area contributed by atoms with E-state index in [0.717, 1.165) is 21.6 Å². The summed E-state index contributed by atoms with van der Waals surface area (Å²) in [4.78, 5) is 8.65. The molecule has 0 amide bonds. The van der Waals surface area contributed by atoms with Crippen molar-refractivity contribution in [1.29, 1.82) is 0 Å². The Morgan fingerprint density at radius 3 is 3.00 bits per heavy atom. The zero-order valence-corrected chi connectivity index (χ0v) is 11.4. The van der Waals surface area contributed by atoms with Crippen LogP contribution in [-0.4, -0.2) is 9.97 Å². The number of pyridine rings is 1. The fraction of sp³-hybridized carbons (Fsp3) is 0.143. The van der Waals surface area contributed by atoms with Gasteiger partial charge in [0.05, 0.1) is 33.8 Å². The van der Waals surface area contributed by atoms with E-state index in [0.29, 0.717) is 12.2 Å². The average Bonchev–Trinajstić information content (AvgIpc) is 2.89. The molecular weight excluding hydrogens is 256 g/mol. The van der Waals surface area contributed by atoms with Gasteiger partial charge in [-0.3, -0.25) is 4.98 Å². The Morgan fingerprint density at radius 1 is 1.26 bits per heavy atom. The highest BCUT2D eigenvalue weighted by atomic mass is 32.1. The Morgan fingerprint density at radius 2 is 2.16 bits per heavy atom. The Balaban J connectivity index is 1.86. The molecule has 0 unspecified atom stereocenters. The van der Waals surface area contributed by atoms with Gasteiger partial charge >= 0.3 is 0 Å². The summed E-state index contributed by atoms with van der Waals surface area (Å²) in [5.41, 5.74) is 12.6. The quantitative estimate of drug-likeness (QED) is 0.717. The molecule has 0 bridgehead atoms. The van der Waals surface area contributed by atoms with Crippen LogP contribution in [0.25, 0.3) is 10.2 Å². The minimum Gasteiger partial charge on any atom is -0.395 e. The molecule has 3 aromatic rings. The van der Waals surface area contributed by atoms with Crippen molar-refractivity contribution in [2.45, 2.75) is 13.5 Å². The number of hydrogen-bond acceptors (Lipinski definition) is 5. The largest absolute Gasteiger partial charge is 0.395 e. The topological polar surface area (TPSA) is 63.8 Å². The first-order valence-corrected chi connectivity index (χ1v) is 6.89. The minimum atomic E-state index is 0.659. The number of thiazole rings is 1. The second-order valence-electron chi connectivity index (χ2n) is 4.35. The van der Waals surface area contributed by atoms with Gasteiger partial charge < -0.3 is 11.1 Å². The molecule has 19 heavy (non-hydrogen) atoms. The third kappa shape index (κ3) is 2.24. The van der Waals surface area contributed by atoms with E-state index < -0.39 is 0 Å². The monoisotopic (exact) mass is 270 g/mol. The number of nitrogen functional groups attached to an aromatic ring is 1. The summed E-state index contributed by atoms with van der Waals surface area (Å²) < 4.78 is 1.11. The molecule has 0 fully saturated rings. The summed E-state index contributed by atoms with van der Waals surface area (Å²) in [5.74, 6) is 0. The van der Waals surface area contributed by atoms with Crippen LogP contribution < -0.4 is 11.1 Å². The van der Waals surface area contributed by atoms with Gasteiger partial charge in [0.15, 0.2) is 0 Å². The zero-order valence-electron chi connectivity index (χ0n) is 10.6. The van der Waals surface area contributed by atoms with Gasteiger partial charge in [-0.15, -0.1) is 11.3 Å².